The SMILES string of the molecule is Cc1ccc2c(oc3c(C)ccc(C#N)c32)c1-c1cccc[n+]1C. The highest BCUT2D eigenvalue weighted by Crippen LogP contribution is 2.39. The maximum absolute atomic E-state index is 9.49. The molecule has 3 nitrogen and oxygen atoms in total. The van der Waals surface area contributed by atoms with Crippen LogP contribution in [0.5, 0.6) is 0 Å². The van der Waals surface area contributed by atoms with Crippen LogP contribution in [0.15, 0.2) is 53.1 Å². The van der Waals surface area contributed by atoms with Crippen LogP contribution in [-0.4, -0.2) is 0 Å². The average Bonchev–Trinajstić information content (AvgIpc) is 2.97. The topological polar surface area (TPSA) is 40.8 Å². The lowest BCUT2D eigenvalue weighted by molar-refractivity contribution is -0.660. The number of benzene rings is 2. The second-order valence-corrected chi connectivity index (χ2v) is 6.18. The van der Waals surface area contributed by atoms with Gasteiger partial charge in [0.2, 0.25) is 5.69 Å². The highest BCUT2D eigenvalue weighted by Gasteiger charge is 2.21. The molecule has 24 heavy (non-hydrogen) atoms. The maximum Gasteiger partial charge on any atom is 0.216 e. The van der Waals surface area contributed by atoms with Gasteiger partial charge in [-0.05, 0) is 37.1 Å². The third-order valence-corrected chi connectivity index (χ3v) is 4.63. The summed E-state index contributed by atoms with van der Waals surface area (Å²) in [4.78, 5) is 0. The van der Waals surface area contributed by atoms with Crippen molar-refractivity contribution < 1.29 is 8.98 Å². The van der Waals surface area contributed by atoms with Crippen LogP contribution in [0.2, 0.25) is 0 Å². The van der Waals surface area contributed by atoms with Gasteiger partial charge in [-0.2, -0.15) is 5.26 Å². The average molecular weight is 313 g/mol. The fourth-order valence-electron chi connectivity index (χ4n) is 3.37. The summed E-state index contributed by atoms with van der Waals surface area (Å²) in [5.41, 5.74) is 6.67. The third-order valence-electron chi connectivity index (χ3n) is 4.63. The smallest absolute Gasteiger partial charge is 0.216 e. The number of nitriles is 1. The molecular weight excluding hydrogens is 296 g/mol. The Morgan fingerprint density at radius 2 is 1.75 bits per heavy atom. The minimum absolute atomic E-state index is 0.654. The van der Waals surface area contributed by atoms with Gasteiger partial charge in [-0.15, -0.1) is 0 Å². The molecular formula is C21H17N2O+. The van der Waals surface area contributed by atoms with E-state index in [0.29, 0.717) is 5.56 Å². The van der Waals surface area contributed by atoms with Crippen LogP contribution >= 0.6 is 0 Å². The van der Waals surface area contributed by atoms with Crippen molar-refractivity contribution in [1.82, 2.24) is 0 Å². The van der Waals surface area contributed by atoms with Crippen molar-refractivity contribution in [1.29, 1.82) is 5.26 Å². The van der Waals surface area contributed by atoms with Crippen LogP contribution in [-0.2, 0) is 7.05 Å². The molecule has 0 aliphatic heterocycles. The quantitative estimate of drug-likeness (QED) is 0.483. The lowest BCUT2D eigenvalue weighted by Gasteiger charge is -2.05. The molecule has 3 heteroatoms. The second-order valence-electron chi connectivity index (χ2n) is 6.18. The first kappa shape index (κ1) is 14.5. The Balaban J connectivity index is 2.23. The van der Waals surface area contributed by atoms with E-state index in [4.69, 9.17) is 4.42 Å². The van der Waals surface area contributed by atoms with E-state index in [1.165, 1.54) is 0 Å². The Morgan fingerprint density at radius 3 is 2.50 bits per heavy atom. The van der Waals surface area contributed by atoms with Crippen LogP contribution in [0.3, 0.4) is 0 Å². The molecule has 4 aromatic rings. The van der Waals surface area contributed by atoms with Crippen LogP contribution in [0.1, 0.15) is 16.7 Å². The fraction of sp³-hybridized carbons (Fsp3) is 0.143. The van der Waals surface area contributed by atoms with Crippen molar-refractivity contribution in [2.45, 2.75) is 13.8 Å². The van der Waals surface area contributed by atoms with Gasteiger partial charge in [0, 0.05) is 22.9 Å². The van der Waals surface area contributed by atoms with Crippen molar-refractivity contribution in [3.8, 4) is 17.3 Å². The zero-order valence-corrected chi connectivity index (χ0v) is 13.9. The fourth-order valence-corrected chi connectivity index (χ4v) is 3.37. The van der Waals surface area contributed by atoms with Crippen LogP contribution in [0.4, 0.5) is 0 Å². The number of hydrogen-bond acceptors (Lipinski definition) is 2. The molecule has 2 aromatic heterocycles. The highest BCUT2D eigenvalue weighted by molar-refractivity contribution is 6.12. The number of aryl methyl sites for hydroxylation is 3. The predicted molar refractivity (Wildman–Crippen MR) is 94.5 cm³/mol. The number of hydrogen-bond donors (Lipinski definition) is 0. The minimum atomic E-state index is 0.654. The van der Waals surface area contributed by atoms with Crippen molar-refractivity contribution in [2.75, 3.05) is 0 Å². The molecule has 2 heterocycles. The van der Waals surface area contributed by atoms with Gasteiger partial charge in [-0.25, -0.2) is 4.57 Å². The summed E-state index contributed by atoms with van der Waals surface area (Å²) in [5.74, 6) is 0. The largest absolute Gasteiger partial charge is 0.455 e. The molecule has 0 radical (unpaired) electrons. The summed E-state index contributed by atoms with van der Waals surface area (Å²) in [5, 5.41) is 11.4. The first-order valence-corrected chi connectivity index (χ1v) is 7.92. The van der Waals surface area contributed by atoms with E-state index >= 15 is 0 Å². The van der Waals surface area contributed by atoms with Gasteiger partial charge in [0.1, 0.15) is 18.2 Å². The van der Waals surface area contributed by atoms with E-state index < -0.39 is 0 Å². The van der Waals surface area contributed by atoms with E-state index in [2.05, 4.69) is 35.8 Å². The summed E-state index contributed by atoms with van der Waals surface area (Å²) < 4.78 is 8.37. The number of pyridine rings is 1. The van der Waals surface area contributed by atoms with Gasteiger partial charge in [0.05, 0.1) is 17.2 Å². The number of furan rings is 1. The molecule has 0 saturated carbocycles. The van der Waals surface area contributed by atoms with Crippen LogP contribution in [0, 0.1) is 25.2 Å². The molecule has 0 aliphatic carbocycles. The number of rotatable bonds is 1. The lowest BCUT2D eigenvalue weighted by Crippen LogP contribution is -2.30. The summed E-state index contributed by atoms with van der Waals surface area (Å²) in [6.45, 7) is 4.11. The summed E-state index contributed by atoms with van der Waals surface area (Å²) >= 11 is 0. The van der Waals surface area contributed by atoms with Gasteiger partial charge < -0.3 is 4.42 Å². The zero-order chi connectivity index (χ0) is 16.8. The van der Waals surface area contributed by atoms with Crippen molar-refractivity contribution in [3.05, 3.63) is 65.4 Å². The number of aromatic nitrogens is 1. The molecule has 0 saturated heterocycles. The third kappa shape index (κ3) is 1.93. The van der Waals surface area contributed by atoms with Gasteiger partial charge >= 0.3 is 0 Å². The molecule has 0 N–H and O–H groups in total. The first-order chi connectivity index (χ1) is 11.6. The van der Waals surface area contributed by atoms with Crippen LogP contribution < -0.4 is 4.57 Å². The van der Waals surface area contributed by atoms with Gasteiger partial charge in [-0.3, -0.25) is 0 Å². The van der Waals surface area contributed by atoms with Gasteiger partial charge in [0.15, 0.2) is 6.20 Å². The van der Waals surface area contributed by atoms with E-state index in [-0.39, 0.29) is 0 Å². The Hall–Kier alpha value is -3.12. The molecule has 116 valence electrons. The van der Waals surface area contributed by atoms with Gasteiger partial charge in [0.25, 0.3) is 0 Å². The Bertz CT molecular complexity index is 1150. The van der Waals surface area contributed by atoms with E-state index in [1.807, 2.05) is 44.4 Å². The number of nitrogens with zero attached hydrogens (tertiary/aromatic N) is 2. The van der Waals surface area contributed by atoms with Crippen LogP contribution in [0.25, 0.3) is 33.2 Å². The second kappa shape index (κ2) is 5.21. The lowest BCUT2D eigenvalue weighted by atomic mass is 9.98. The summed E-state index contributed by atoms with van der Waals surface area (Å²) in [6, 6.07) is 16.4. The normalized spacial score (nSPS) is 11.1. The van der Waals surface area contributed by atoms with Gasteiger partial charge in [-0.1, -0.05) is 18.2 Å². The molecule has 0 spiro atoms. The van der Waals surface area contributed by atoms with Crippen molar-refractivity contribution in [2.24, 2.45) is 7.05 Å². The highest BCUT2D eigenvalue weighted by atomic mass is 16.3. The molecule has 0 aliphatic rings. The minimum Gasteiger partial charge on any atom is -0.455 e. The monoisotopic (exact) mass is 313 g/mol. The Morgan fingerprint density at radius 1 is 0.958 bits per heavy atom. The zero-order valence-electron chi connectivity index (χ0n) is 13.9. The van der Waals surface area contributed by atoms with E-state index in [0.717, 1.165) is 44.3 Å². The molecule has 0 atom stereocenters. The molecule has 2 aromatic carbocycles. The molecule has 0 amide bonds. The molecule has 0 unspecified atom stereocenters. The molecule has 0 bridgehead atoms. The van der Waals surface area contributed by atoms with Crippen molar-refractivity contribution >= 4 is 21.9 Å². The predicted octanol–water partition coefficient (Wildman–Crippen LogP) is 4.57. The standard InChI is InChI=1S/C21H17N2O/c1-13-8-10-16-19-15(12-22)9-7-14(2)20(19)24-21(16)18(13)17-6-4-5-11-23(17)3/h4-11H,1-3H3/q+1. The first-order valence-electron chi connectivity index (χ1n) is 7.92. The Labute approximate surface area is 140 Å². The molecule has 4 rings (SSSR count). The summed E-state index contributed by atoms with van der Waals surface area (Å²) in [7, 11) is 2.03. The van der Waals surface area contributed by atoms with Crippen molar-refractivity contribution in [3.63, 3.8) is 0 Å². The maximum atomic E-state index is 9.49. The van der Waals surface area contributed by atoms with E-state index in [9.17, 15) is 5.26 Å². The number of fused-ring (bicyclic) bond motifs is 3. The summed E-state index contributed by atoms with van der Waals surface area (Å²) in [6.07, 6.45) is 2.03. The Kier molecular flexibility index (Phi) is 3.14. The van der Waals surface area contributed by atoms with E-state index in [1.54, 1.807) is 0 Å². The molecule has 0 fully saturated rings.